The summed E-state index contributed by atoms with van der Waals surface area (Å²) < 4.78 is 36.8. The van der Waals surface area contributed by atoms with Gasteiger partial charge < -0.3 is 4.90 Å². The number of amides is 1. The van der Waals surface area contributed by atoms with Crippen molar-refractivity contribution in [1.29, 1.82) is 0 Å². The Bertz CT molecular complexity index is 468. The van der Waals surface area contributed by atoms with Crippen LogP contribution in [0.2, 0.25) is 0 Å². The molecule has 1 aromatic carbocycles. The van der Waals surface area contributed by atoms with Gasteiger partial charge in [0.25, 0.3) is 5.91 Å². The summed E-state index contributed by atoms with van der Waals surface area (Å²) in [5, 5.41) is 0. The molecule has 1 saturated heterocycles. The van der Waals surface area contributed by atoms with Crippen molar-refractivity contribution in [3.63, 3.8) is 0 Å². The van der Waals surface area contributed by atoms with E-state index >= 15 is 0 Å². The molecule has 1 unspecified atom stereocenters. The normalized spacial score (nSPS) is 17.2. The molecule has 1 amide bonds. The van der Waals surface area contributed by atoms with Crippen LogP contribution >= 0.6 is 0 Å². The predicted octanol–water partition coefficient (Wildman–Crippen LogP) is 5.72. The van der Waals surface area contributed by atoms with Crippen molar-refractivity contribution in [3.8, 4) is 0 Å². The standard InChI is InChI=1S/C15H18F3NO.2C2H6/c1-11-3-2-8-19(10-11)14(20)13-6-4-12(5-7-13)9-15(16,17)18;2*1-2/h4-7,11H,2-3,8-10H2,1H3;2*1-2H3. The van der Waals surface area contributed by atoms with Gasteiger partial charge in [-0.15, -0.1) is 0 Å². The first kappa shape index (κ1) is 22.5. The summed E-state index contributed by atoms with van der Waals surface area (Å²) >= 11 is 0. The Hall–Kier alpha value is -1.52. The molecule has 24 heavy (non-hydrogen) atoms. The molecule has 0 aliphatic carbocycles. The maximum Gasteiger partial charge on any atom is 0.393 e. The quantitative estimate of drug-likeness (QED) is 0.672. The molecule has 0 spiro atoms. The molecule has 138 valence electrons. The molecule has 1 aliphatic rings. The van der Waals surface area contributed by atoms with Crippen molar-refractivity contribution < 1.29 is 18.0 Å². The second-order valence-electron chi connectivity index (χ2n) is 5.49. The second-order valence-corrected chi connectivity index (χ2v) is 5.49. The van der Waals surface area contributed by atoms with E-state index in [0.29, 0.717) is 11.5 Å². The van der Waals surface area contributed by atoms with E-state index in [0.717, 1.165) is 25.9 Å². The van der Waals surface area contributed by atoms with Crippen LogP contribution in [0, 0.1) is 5.92 Å². The molecule has 1 aliphatic heterocycles. The Labute approximate surface area is 144 Å². The van der Waals surface area contributed by atoms with Gasteiger partial charge in [-0.3, -0.25) is 4.79 Å². The number of rotatable bonds is 2. The van der Waals surface area contributed by atoms with Crippen LogP contribution in [0.15, 0.2) is 24.3 Å². The fourth-order valence-corrected chi connectivity index (χ4v) is 2.55. The summed E-state index contributed by atoms with van der Waals surface area (Å²) in [7, 11) is 0. The molecule has 0 aromatic heterocycles. The first-order chi connectivity index (χ1) is 11.3. The Kier molecular flexibility index (Phi) is 10.4. The van der Waals surface area contributed by atoms with Gasteiger partial charge in [0.1, 0.15) is 0 Å². The molecule has 0 saturated carbocycles. The second kappa shape index (κ2) is 11.1. The lowest BCUT2D eigenvalue weighted by molar-refractivity contribution is -0.127. The Morgan fingerprint density at radius 2 is 1.67 bits per heavy atom. The lowest BCUT2D eigenvalue weighted by Gasteiger charge is -2.31. The molecule has 0 radical (unpaired) electrons. The van der Waals surface area contributed by atoms with E-state index in [1.165, 1.54) is 24.3 Å². The molecular weight excluding hydrogens is 315 g/mol. The average molecular weight is 345 g/mol. The number of nitrogens with zero attached hydrogens (tertiary/aromatic N) is 1. The fourth-order valence-electron chi connectivity index (χ4n) is 2.55. The monoisotopic (exact) mass is 345 g/mol. The number of carbonyl (C=O) groups excluding carboxylic acids is 1. The highest BCUT2D eigenvalue weighted by Crippen LogP contribution is 2.22. The molecule has 0 bridgehead atoms. The van der Waals surface area contributed by atoms with E-state index in [1.807, 2.05) is 27.7 Å². The molecule has 2 rings (SSSR count). The van der Waals surface area contributed by atoms with Crippen molar-refractivity contribution >= 4 is 5.91 Å². The third-order valence-corrected chi connectivity index (χ3v) is 3.55. The van der Waals surface area contributed by atoms with Gasteiger partial charge >= 0.3 is 6.18 Å². The largest absolute Gasteiger partial charge is 0.393 e. The minimum atomic E-state index is -4.21. The van der Waals surface area contributed by atoms with Gasteiger partial charge in [-0.25, -0.2) is 0 Å². The predicted molar refractivity (Wildman–Crippen MR) is 93.2 cm³/mol. The summed E-state index contributed by atoms with van der Waals surface area (Å²) in [6, 6.07) is 5.74. The summed E-state index contributed by atoms with van der Waals surface area (Å²) in [5.74, 6) is 0.396. The van der Waals surface area contributed by atoms with Gasteiger partial charge in [0.15, 0.2) is 0 Å². The average Bonchev–Trinajstić information content (AvgIpc) is 2.57. The third kappa shape index (κ3) is 7.84. The van der Waals surface area contributed by atoms with Crippen molar-refractivity contribution in [2.24, 2.45) is 5.92 Å². The van der Waals surface area contributed by atoms with E-state index in [-0.39, 0.29) is 11.5 Å². The zero-order chi connectivity index (χ0) is 18.8. The number of halogens is 3. The highest BCUT2D eigenvalue weighted by molar-refractivity contribution is 5.94. The molecule has 2 nitrogen and oxygen atoms in total. The molecular formula is C19H30F3NO. The van der Waals surface area contributed by atoms with Gasteiger partial charge in [0.2, 0.25) is 0 Å². The Balaban J connectivity index is 0.00000123. The van der Waals surface area contributed by atoms with E-state index in [9.17, 15) is 18.0 Å². The van der Waals surface area contributed by atoms with Gasteiger partial charge in [0, 0.05) is 18.7 Å². The number of alkyl halides is 3. The van der Waals surface area contributed by atoms with E-state index in [1.54, 1.807) is 4.90 Å². The lowest BCUT2D eigenvalue weighted by Crippen LogP contribution is -2.39. The molecule has 5 heteroatoms. The smallest absolute Gasteiger partial charge is 0.338 e. The van der Waals surface area contributed by atoms with Gasteiger partial charge in [-0.2, -0.15) is 13.2 Å². The van der Waals surface area contributed by atoms with Crippen LogP contribution in [0.25, 0.3) is 0 Å². The van der Waals surface area contributed by atoms with Crippen LogP contribution in [-0.4, -0.2) is 30.1 Å². The van der Waals surface area contributed by atoms with Gasteiger partial charge in [0.05, 0.1) is 6.42 Å². The topological polar surface area (TPSA) is 20.3 Å². The number of carbonyl (C=O) groups is 1. The SMILES string of the molecule is CC.CC.CC1CCCN(C(=O)c2ccc(CC(F)(F)F)cc2)C1. The fraction of sp³-hybridized carbons (Fsp3) is 0.632. The first-order valence-electron chi connectivity index (χ1n) is 8.80. The van der Waals surface area contributed by atoms with Crippen LogP contribution < -0.4 is 0 Å². The molecule has 1 fully saturated rings. The van der Waals surface area contributed by atoms with Crippen LogP contribution in [-0.2, 0) is 6.42 Å². The minimum absolute atomic E-state index is 0.0879. The zero-order valence-corrected chi connectivity index (χ0v) is 15.4. The summed E-state index contributed by atoms with van der Waals surface area (Å²) in [6.45, 7) is 11.6. The van der Waals surface area contributed by atoms with Crippen LogP contribution in [0.3, 0.4) is 0 Å². The van der Waals surface area contributed by atoms with Gasteiger partial charge in [-0.1, -0.05) is 46.8 Å². The number of benzene rings is 1. The van der Waals surface area contributed by atoms with E-state index in [4.69, 9.17) is 0 Å². The van der Waals surface area contributed by atoms with Crippen LogP contribution in [0.1, 0.15) is 63.4 Å². The zero-order valence-electron chi connectivity index (χ0n) is 15.4. The minimum Gasteiger partial charge on any atom is -0.338 e. The lowest BCUT2D eigenvalue weighted by atomic mass is 9.99. The third-order valence-electron chi connectivity index (χ3n) is 3.55. The van der Waals surface area contributed by atoms with Crippen molar-refractivity contribution in [2.45, 2.75) is 60.1 Å². The summed E-state index contributed by atoms with van der Waals surface area (Å²) in [6.07, 6.45) is -3.07. The van der Waals surface area contributed by atoms with E-state index in [2.05, 4.69) is 6.92 Å². The Morgan fingerprint density at radius 1 is 1.12 bits per heavy atom. The van der Waals surface area contributed by atoms with Crippen molar-refractivity contribution in [1.82, 2.24) is 4.90 Å². The maximum atomic E-state index is 12.3. The number of likely N-dealkylation sites (tertiary alicyclic amines) is 1. The number of piperidine rings is 1. The first-order valence-corrected chi connectivity index (χ1v) is 8.80. The molecule has 1 heterocycles. The molecule has 1 atom stereocenters. The van der Waals surface area contributed by atoms with Crippen molar-refractivity contribution in [3.05, 3.63) is 35.4 Å². The maximum absolute atomic E-state index is 12.3. The molecule has 1 aromatic rings. The summed E-state index contributed by atoms with van der Waals surface area (Å²) in [5.41, 5.74) is 0.645. The number of hydrogen-bond donors (Lipinski definition) is 0. The highest BCUT2D eigenvalue weighted by Gasteiger charge is 2.28. The van der Waals surface area contributed by atoms with Crippen LogP contribution in [0.4, 0.5) is 13.2 Å². The number of hydrogen-bond acceptors (Lipinski definition) is 1. The molecule has 0 N–H and O–H groups in total. The van der Waals surface area contributed by atoms with Crippen molar-refractivity contribution in [2.75, 3.05) is 13.1 Å². The van der Waals surface area contributed by atoms with Crippen LogP contribution in [0.5, 0.6) is 0 Å². The highest BCUT2D eigenvalue weighted by atomic mass is 19.4. The Morgan fingerprint density at radius 3 is 2.12 bits per heavy atom. The van der Waals surface area contributed by atoms with E-state index < -0.39 is 12.6 Å². The van der Waals surface area contributed by atoms with Gasteiger partial charge in [-0.05, 0) is 36.5 Å². The summed E-state index contributed by atoms with van der Waals surface area (Å²) in [4.78, 5) is 14.0.